The fourth-order valence-electron chi connectivity index (χ4n) is 3.15. The van der Waals surface area contributed by atoms with Gasteiger partial charge >= 0.3 is 5.97 Å². The minimum Gasteiger partial charge on any atom is -0.495 e. The van der Waals surface area contributed by atoms with Gasteiger partial charge in [-0.3, -0.25) is 14.4 Å². The van der Waals surface area contributed by atoms with E-state index in [4.69, 9.17) is 21.1 Å². The Labute approximate surface area is 187 Å². The van der Waals surface area contributed by atoms with E-state index in [1.807, 2.05) is 13.0 Å². The molecule has 1 aliphatic rings. The standard InChI is InChI=1S/C21H20BrClN2O5/c1-12-7-15(4-5-16(12)22)24-19(26)11-30-21(28)13-8-20(27)25(10-13)17-9-14(23)3-6-18(17)29-2/h3-7,9,13H,8,10-11H2,1-2H3,(H,24,26)/t13-/m0/s1. The molecule has 2 amide bonds. The van der Waals surface area contributed by atoms with E-state index in [1.165, 1.54) is 12.0 Å². The van der Waals surface area contributed by atoms with Gasteiger partial charge in [-0.25, -0.2) is 0 Å². The largest absolute Gasteiger partial charge is 0.495 e. The number of hydrogen-bond donors (Lipinski definition) is 1. The molecule has 0 bridgehead atoms. The van der Waals surface area contributed by atoms with Gasteiger partial charge in [0.25, 0.3) is 5.91 Å². The molecule has 0 radical (unpaired) electrons. The molecule has 0 aliphatic carbocycles. The van der Waals surface area contributed by atoms with E-state index in [0.29, 0.717) is 22.1 Å². The maximum atomic E-state index is 12.4. The Morgan fingerprint density at radius 1 is 1.27 bits per heavy atom. The molecule has 0 saturated carbocycles. The lowest BCUT2D eigenvalue weighted by atomic mass is 10.1. The van der Waals surface area contributed by atoms with Gasteiger partial charge in [-0.15, -0.1) is 0 Å². The number of carbonyl (C=O) groups is 3. The van der Waals surface area contributed by atoms with Crippen molar-refractivity contribution in [1.29, 1.82) is 0 Å². The molecule has 1 aliphatic heterocycles. The summed E-state index contributed by atoms with van der Waals surface area (Å²) in [4.78, 5) is 38.4. The first-order valence-corrected chi connectivity index (χ1v) is 10.3. The number of halogens is 2. The van der Waals surface area contributed by atoms with Crippen LogP contribution in [0.5, 0.6) is 5.75 Å². The first-order valence-electron chi connectivity index (χ1n) is 9.15. The fraction of sp³-hybridized carbons (Fsp3) is 0.286. The highest BCUT2D eigenvalue weighted by Gasteiger charge is 2.37. The number of hydrogen-bond acceptors (Lipinski definition) is 5. The number of carbonyl (C=O) groups excluding carboxylic acids is 3. The topological polar surface area (TPSA) is 84.9 Å². The summed E-state index contributed by atoms with van der Waals surface area (Å²) in [6.07, 6.45) is -0.0119. The van der Waals surface area contributed by atoms with Crippen LogP contribution in [0.25, 0.3) is 0 Å². The van der Waals surface area contributed by atoms with Gasteiger partial charge < -0.3 is 19.7 Å². The van der Waals surface area contributed by atoms with Crippen molar-refractivity contribution in [3.05, 3.63) is 51.5 Å². The van der Waals surface area contributed by atoms with Crippen LogP contribution in [0.1, 0.15) is 12.0 Å². The first kappa shape index (κ1) is 22.1. The minimum absolute atomic E-state index is 0.0119. The van der Waals surface area contributed by atoms with E-state index in [9.17, 15) is 14.4 Å². The van der Waals surface area contributed by atoms with E-state index in [0.717, 1.165) is 10.0 Å². The van der Waals surface area contributed by atoms with Crippen molar-refractivity contribution >= 4 is 56.7 Å². The summed E-state index contributed by atoms with van der Waals surface area (Å²) in [6, 6.07) is 10.3. The molecule has 158 valence electrons. The lowest BCUT2D eigenvalue weighted by molar-refractivity contribution is -0.151. The third kappa shape index (κ3) is 5.12. The minimum atomic E-state index is -0.677. The summed E-state index contributed by atoms with van der Waals surface area (Å²) < 4.78 is 11.3. The van der Waals surface area contributed by atoms with Crippen LogP contribution in [-0.2, 0) is 19.1 Å². The summed E-state index contributed by atoms with van der Waals surface area (Å²) in [5, 5.41) is 3.12. The van der Waals surface area contributed by atoms with Gasteiger partial charge in [-0.2, -0.15) is 0 Å². The van der Waals surface area contributed by atoms with Gasteiger partial charge in [0, 0.05) is 28.1 Å². The highest BCUT2D eigenvalue weighted by Crippen LogP contribution is 2.35. The summed E-state index contributed by atoms with van der Waals surface area (Å²) in [7, 11) is 1.49. The molecular weight excluding hydrogens is 476 g/mol. The molecular formula is C21H20BrClN2O5. The highest BCUT2D eigenvalue weighted by atomic mass is 79.9. The summed E-state index contributed by atoms with van der Waals surface area (Å²) in [5.74, 6) is -1.50. The number of benzene rings is 2. The van der Waals surface area contributed by atoms with Crippen molar-refractivity contribution in [2.24, 2.45) is 5.92 Å². The van der Waals surface area contributed by atoms with Gasteiger partial charge in [0.2, 0.25) is 5.91 Å². The number of esters is 1. The van der Waals surface area contributed by atoms with E-state index in [1.54, 1.807) is 30.3 Å². The maximum Gasteiger partial charge on any atom is 0.311 e. The zero-order valence-electron chi connectivity index (χ0n) is 16.4. The molecule has 0 aromatic heterocycles. The molecule has 1 heterocycles. The molecule has 1 N–H and O–H groups in total. The fourth-order valence-corrected chi connectivity index (χ4v) is 3.56. The predicted octanol–water partition coefficient (Wildman–Crippen LogP) is 3.95. The van der Waals surface area contributed by atoms with Crippen molar-refractivity contribution in [3.8, 4) is 5.75 Å². The van der Waals surface area contributed by atoms with E-state index in [-0.39, 0.29) is 18.9 Å². The highest BCUT2D eigenvalue weighted by molar-refractivity contribution is 9.10. The van der Waals surface area contributed by atoms with Crippen LogP contribution in [0, 0.1) is 12.8 Å². The quantitative estimate of drug-likeness (QED) is 0.613. The second-order valence-electron chi connectivity index (χ2n) is 6.84. The number of nitrogens with zero attached hydrogens (tertiary/aromatic N) is 1. The first-order chi connectivity index (χ1) is 14.3. The van der Waals surface area contributed by atoms with Crippen LogP contribution >= 0.6 is 27.5 Å². The van der Waals surface area contributed by atoms with Crippen LogP contribution in [0.4, 0.5) is 11.4 Å². The van der Waals surface area contributed by atoms with Gasteiger partial charge in [-0.05, 0) is 48.9 Å². The number of nitrogens with one attached hydrogen (secondary N) is 1. The molecule has 30 heavy (non-hydrogen) atoms. The number of ether oxygens (including phenoxy) is 2. The van der Waals surface area contributed by atoms with Crippen LogP contribution in [0.3, 0.4) is 0 Å². The molecule has 1 fully saturated rings. The molecule has 1 saturated heterocycles. The normalized spacial score (nSPS) is 15.8. The lowest BCUT2D eigenvalue weighted by Crippen LogP contribution is -2.28. The van der Waals surface area contributed by atoms with Crippen LogP contribution in [0.2, 0.25) is 5.02 Å². The molecule has 0 unspecified atom stereocenters. The van der Waals surface area contributed by atoms with Gasteiger partial charge in [-0.1, -0.05) is 27.5 Å². The van der Waals surface area contributed by atoms with E-state index < -0.39 is 24.4 Å². The predicted molar refractivity (Wildman–Crippen MR) is 117 cm³/mol. The Hall–Kier alpha value is -2.58. The number of aryl methyl sites for hydroxylation is 1. The molecule has 1 atom stereocenters. The van der Waals surface area contributed by atoms with Gasteiger partial charge in [0.05, 0.1) is 18.7 Å². The maximum absolute atomic E-state index is 12.4. The van der Waals surface area contributed by atoms with Crippen molar-refractivity contribution < 1.29 is 23.9 Å². The number of methoxy groups -OCH3 is 1. The Balaban J connectivity index is 1.57. The number of amides is 2. The molecule has 0 spiro atoms. The van der Waals surface area contributed by atoms with E-state index in [2.05, 4.69) is 21.2 Å². The van der Waals surface area contributed by atoms with Crippen LogP contribution in [-0.4, -0.2) is 38.0 Å². The lowest BCUT2D eigenvalue weighted by Gasteiger charge is -2.19. The zero-order valence-corrected chi connectivity index (χ0v) is 18.7. The Morgan fingerprint density at radius 2 is 2.03 bits per heavy atom. The monoisotopic (exact) mass is 494 g/mol. The van der Waals surface area contributed by atoms with Gasteiger partial charge in [0.1, 0.15) is 5.75 Å². The van der Waals surface area contributed by atoms with Crippen LogP contribution < -0.4 is 15.0 Å². The summed E-state index contributed by atoms with van der Waals surface area (Å²) in [6.45, 7) is 1.60. The second-order valence-corrected chi connectivity index (χ2v) is 8.13. The third-order valence-corrected chi connectivity index (χ3v) is 5.80. The van der Waals surface area contributed by atoms with Crippen molar-refractivity contribution in [3.63, 3.8) is 0 Å². The number of rotatable bonds is 6. The smallest absolute Gasteiger partial charge is 0.311 e. The molecule has 7 nitrogen and oxygen atoms in total. The Morgan fingerprint density at radius 3 is 2.73 bits per heavy atom. The molecule has 9 heteroatoms. The summed E-state index contributed by atoms with van der Waals surface area (Å²) >= 11 is 9.43. The van der Waals surface area contributed by atoms with Crippen molar-refractivity contribution in [2.45, 2.75) is 13.3 Å². The van der Waals surface area contributed by atoms with Crippen LogP contribution in [0.15, 0.2) is 40.9 Å². The van der Waals surface area contributed by atoms with Gasteiger partial charge in [0.15, 0.2) is 6.61 Å². The molecule has 2 aromatic carbocycles. The second kappa shape index (κ2) is 9.49. The van der Waals surface area contributed by atoms with E-state index >= 15 is 0 Å². The Bertz CT molecular complexity index is 997. The Kier molecular flexibility index (Phi) is 6.99. The average molecular weight is 496 g/mol. The summed E-state index contributed by atoms with van der Waals surface area (Å²) in [5.41, 5.74) is 2.06. The third-order valence-electron chi connectivity index (χ3n) is 4.68. The van der Waals surface area contributed by atoms with Crippen molar-refractivity contribution in [2.75, 3.05) is 30.5 Å². The molecule has 2 aromatic rings. The zero-order chi connectivity index (χ0) is 21.8. The molecule has 3 rings (SSSR count). The SMILES string of the molecule is COc1ccc(Cl)cc1N1C[C@@H](C(=O)OCC(=O)Nc2ccc(Br)c(C)c2)CC1=O. The van der Waals surface area contributed by atoms with Crippen molar-refractivity contribution in [1.82, 2.24) is 0 Å². The average Bonchev–Trinajstić information content (AvgIpc) is 3.10. The number of anilines is 2.